The van der Waals surface area contributed by atoms with Crippen molar-refractivity contribution in [3.8, 4) is 0 Å². The Balaban J connectivity index is 2.18. The van der Waals surface area contributed by atoms with Crippen LogP contribution in [0.3, 0.4) is 0 Å². The van der Waals surface area contributed by atoms with Gasteiger partial charge in [0.25, 0.3) is 0 Å². The molecule has 0 aromatic rings. The lowest BCUT2D eigenvalue weighted by Crippen LogP contribution is -2.47. The Morgan fingerprint density at radius 3 is 2.24 bits per heavy atom. The molecule has 1 N–H and O–H groups in total. The summed E-state index contributed by atoms with van der Waals surface area (Å²) in [6.07, 6.45) is 0.768. The molecule has 1 aliphatic rings. The highest BCUT2D eigenvalue weighted by molar-refractivity contribution is 4.75. The molecule has 0 spiro atoms. The minimum absolute atomic E-state index is 0.384. The van der Waals surface area contributed by atoms with Crippen LogP contribution in [-0.4, -0.2) is 49.8 Å². The Morgan fingerprint density at radius 2 is 1.71 bits per heavy atom. The van der Waals surface area contributed by atoms with Crippen LogP contribution in [0, 0.1) is 11.8 Å². The predicted octanol–water partition coefficient (Wildman–Crippen LogP) is 1.98. The van der Waals surface area contributed by atoms with Crippen molar-refractivity contribution < 1.29 is 4.74 Å². The molecule has 3 heteroatoms. The van der Waals surface area contributed by atoms with Crippen molar-refractivity contribution in [1.82, 2.24) is 10.2 Å². The van der Waals surface area contributed by atoms with Crippen molar-refractivity contribution in [3.63, 3.8) is 0 Å². The molecule has 3 nitrogen and oxygen atoms in total. The average Bonchev–Trinajstić information content (AvgIpc) is 2.14. The highest BCUT2D eigenvalue weighted by Crippen LogP contribution is 2.12. The highest BCUT2D eigenvalue weighted by atomic mass is 16.5. The molecule has 1 aliphatic heterocycles. The van der Waals surface area contributed by atoms with Crippen molar-refractivity contribution in [2.24, 2.45) is 11.8 Å². The zero-order valence-electron chi connectivity index (χ0n) is 12.2. The molecule has 0 saturated carbocycles. The SMILES string of the molecule is CC(C)CNCC(C)CN1C[C@@H](C)O[C@@H](C)C1. The topological polar surface area (TPSA) is 24.5 Å². The molecule has 0 bridgehead atoms. The minimum atomic E-state index is 0.384. The van der Waals surface area contributed by atoms with Gasteiger partial charge >= 0.3 is 0 Å². The zero-order valence-corrected chi connectivity index (χ0v) is 12.2. The standard InChI is InChI=1S/C14H30N2O/c1-11(2)6-15-7-12(3)8-16-9-13(4)17-14(5)10-16/h11-15H,6-10H2,1-5H3/t12?,13-,14+. The summed E-state index contributed by atoms with van der Waals surface area (Å²) in [5.41, 5.74) is 0. The van der Waals surface area contributed by atoms with E-state index in [1.54, 1.807) is 0 Å². The molecule has 102 valence electrons. The first-order chi connectivity index (χ1) is 7.97. The molecule has 17 heavy (non-hydrogen) atoms. The van der Waals surface area contributed by atoms with Gasteiger partial charge in [-0.3, -0.25) is 4.90 Å². The number of rotatable bonds is 6. The van der Waals surface area contributed by atoms with Gasteiger partial charge in [0.05, 0.1) is 12.2 Å². The van der Waals surface area contributed by atoms with E-state index in [9.17, 15) is 0 Å². The molecule has 1 saturated heterocycles. The van der Waals surface area contributed by atoms with Crippen LogP contribution in [0.5, 0.6) is 0 Å². The molecule has 0 amide bonds. The second-order valence-electron chi connectivity index (χ2n) is 6.13. The fourth-order valence-electron chi connectivity index (χ4n) is 2.56. The molecule has 1 heterocycles. The summed E-state index contributed by atoms with van der Waals surface area (Å²) in [4.78, 5) is 2.54. The van der Waals surface area contributed by atoms with Crippen molar-refractivity contribution in [1.29, 1.82) is 0 Å². The maximum absolute atomic E-state index is 5.75. The van der Waals surface area contributed by atoms with E-state index in [-0.39, 0.29) is 0 Å². The van der Waals surface area contributed by atoms with Crippen LogP contribution >= 0.6 is 0 Å². The maximum atomic E-state index is 5.75. The zero-order chi connectivity index (χ0) is 12.8. The van der Waals surface area contributed by atoms with Gasteiger partial charge in [-0.1, -0.05) is 20.8 Å². The average molecular weight is 242 g/mol. The fraction of sp³-hybridized carbons (Fsp3) is 1.00. The summed E-state index contributed by atoms with van der Waals surface area (Å²) in [6.45, 7) is 16.8. The summed E-state index contributed by atoms with van der Waals surface area (Å²) >= 11 is 0. The Bertz CT molecular complexity index is 198. The molecule has 3 atom stereocenters. The third-order valence-electron chi connectivity index (χ3n) is 3.11. The number of ether oxygens (including phenoxy) is 1. The molecular formula is C14H30N2O. The number of nitrogens with one attached hydrogen (secondary N) is 1. The van der Waals surface area contributed by atoms with Crippen LogP contribution in [0.25, 0.3) is 0 Å². The molecular weight excluding hydrogens is 212 g/mol. The lowest BCUT2D eigenvalue weighted by atomic mass is 10.1. The van der Waals surface area contributed by atoms with Gasteiger partial charge in [0.15, 0.2) is 0 Å². The Morgan fingerprint density at radius 1 is 1.12 bits per heavy atom. The number of hydrogen-bond acceptors (Lipinski definition) is 3. The first-order valence-corrected chi connectivity index (χ1v) is 7.06. The lowest BCUT2D eigenvalue weighted by molar-refractivity contribution is -0.0708. The minimum Gasteiger partial charge on any atom is -0.373 e. The highest BCUT2D eigenvalue weighted by Gasteiger charge is 2.22. The lowest BCUT2D eigenvalue weighted by Gasteiger charge is -2.36. The van der Waals surface area contributed by atoms with Crippen LogP contribution in [0.2, 0.25) is 0 Å². The normalized spacial score (nSPS) is 28.6. The van der Waals surface area contributed by atoms with Gasteiger partial charge in [0.1, 0.15) is 0 Å². The van der Waals surface area contributed by atoms with E-state index < -0.39 is 0 Å². The number of nitrogens with zero attached hydrogens (tertiary/aromatic N) is 1. The molecule has 0 aromatic carbocycles. The molecule has 0 radical (unpaired) electrons. The van der Waals surface area contributed by atoms with Gasteiger partial charge in [-0.05, 0) is 38.8 Å². The Labute approximate surface area is 107 Å². The third-order valence-corrected chi connectivity index (χ3v) is 3.11. The van der Waals surface area contributed by atoms with Crippen molar-refractivity contribution in [2.75, 3.05) is 32.7 Å². The predicted molar refractivity (Wildman–Crippen MR) is 73.3 cm³/mol. The van der Waals surface area contributed by atoms with Crippen molar-refractivity contribution >= 4 is 0 Å². The van der Waals surface area contributed by atoms with E-state index in [0.29, 0.717) is 18.1 Å². The molecule has 1 unspecified atom stereocenters. The maximum Gasteiger partial charge on any atom is 0.0678 e. The van der Waals surface area contributed by atoms with Gasteiger partial charge in [-0.2, -0.15) is 0 Å². The summed E-state index contributed by atoms with van der Waals surface area (Å²) in [5.74, 6) is 1.46. The monoisotopic (exact) mass is 242 g/mol. The van der Waals surface area contributed by atoms with E-state index >= 15 is 0 Å². The van der Waals surface area contributed by atoms with Crippen LogP contribution < -0.4 is 5.32 Å². The summed E-state index contributed by atoms with van der Waals surface area (Å²) < 4.78 is 5.75. The summed E-state index contributed by atoms with van der Waals surface area (Å²) in [6, 6.07) is 0. The quantitative estimate of drug-likeness (QED) is 0.771. The van der Waals surface area contributed by atoms with Gasteiger partial charge < -0.3 is 10.1 Å². The largest absolute Gasteiger partial charge is 0.373 e. The van der Waals surface area contributed by atoms with Crippen molar-refractivity contribution in [3.05, 3.63) is 0 Å². The fourth-order valence-corrected chi connectivity index (χ4v) is 2.56. The Kier molecular flexibility index (Phi) is 6.45. The second-order valence-corrected chi connectivity index (χ2v) is 6.13. The summed E-state index contributed by atoms with van der Waals surface area (Å²) in [7, 11) is 0. The van der Waals surface area contributed by atoms with Crippen LogP contribution in [-0.2, 0) is 4.74 Å². The third kappa shape index (κ3) is 6.39. The number of hydrogen-bond donors (Lipinski definition) is 1. The van der Waals surface area contributed by atoms with Gasteiger partial charge in [0.2, 0.25) is 0 Å². The van der Waals surface area contributed by atoms with Crippen molar-refractivity contribution in [2.45, 2.75) is 46.8 Å². The molecule has 1 rings (SSSR count). The van der Waals surface area contributed by atoms with E-state index in [4.69, 9.17) is 4.74 Å². The van der Waals surface area contributed by atoms with Crippen LogP contribution in [0.15, 0.2) is 0 Å². The second kappa shape index (κ2) is 7.34. The van der Waals surface area contributed by atoms with Gasteiger partial charge in [0, 0.05) is 19.6 Å². The smallest absolute Gasteiger partial charge is 0.0678 e. The first-order valence-electron chi connectivity index (χ1n) is 7.06. The van der Waals surface area contributed by atoms with E-state index in [1.807, 2.05) is 0 Å². The van der Waals surface area contributed by atoms with Crippen LogP contribution in [0.1, 0.15) is 34.6 Å². The first kappa shape index (κ1) is 14.9. The summed E-state index contributed by atoms with van der Waals surface area (Å²) in [5, 5.41) is 3.54. The Hall–Kier alpha value is -0.120. The number of morpholine rings is 1. The molecule has 1 fully saturated rings. The van der Waals surface area contributed by atoms with Gasteiger partial charge in [-0.25, -0.2) is 0 Å². The van der Waals surface area contributed by atoms with E-state index in [0.717, 1.165) is 32.1 Å². The van der Waals surface area contributed by atoms with E-state index in [2.05, 4.69) is 44.8 Å². The van der Waals surface area contributed by atoms with E-state index in [1.165, 1.54) is 6.54 Å². The molecule has 0 aliphatic carbocycles. The van der Waals surface area contributed by atoms with Gasteiger partial charge in [-0.15, -0.1) is 0 Å². The van der Waals surface area contributed by atoms with Crippen LogP contribution in [0.4, 0.5) is 0 Å². The molecule has 0 aromatic heterocycles.